The first-order valence-electron chi connectivity index (χ1n) is 7.07. The summed E-state index contributed by atoms with van der Waals surface area (Å²) < 4.78 is 1.75. The number of hydrogen-bond acceptors (Lipinski definition) is 5. The van der Waals surface area contributed by atoms with Crippen molar-refractivity contribution in [3.05, 3.63) is 47.7 Å². The number of carbonyl (C=O) groups is 1. The molecular formula is C15H15N5O. The molecule has 6 heteroatoms. The summed E-state index contributed by atoms with van der Waals surface area (Å²) in [4.78, 5) is 21.2. The van der Waals surface area contributed by atoms with E-state index in [2.05, 4.69) is 27.3 Å². The fraction of sp³-hybridized carbons (Fsp3) is 0.333. The average Bonchev–Trinajstić information content (AvgIpc) is 2.93. The number of fused-ring (bicyclic) bond motifs is 1. The molecule has 0 fully saturated rings. The molecule has 6 nitrogen and oxygen atoms in total. The lowest BCUT2D eigenvalue weighted by atomic mass is 9.82. The summed E-state index contributed by atoms with van der Waals surface area (Å²) in [5.41, 5.74) is 2.57. The molecule has 3 heterocycles. The van der Waals surface area contributed by atoms with Gasteiger partial charge in [0.15, 0.2) is 5.78 Å². The van der Waals surface area contributed by atoms with Crippen LogP contribution in [0.1, 0.15) is 31.5 Å². The molecule has 0 radical (unpaired) electrons. The normalized spacial score (nSPS) is 24.3. The Balaban J connectivity index is 1.91. The third kappa shape index (κ3) is 1.86. The van der Waals surface area contributed by atoms with E-state index in [0.29, 0.717) is 18.3 Å². The fourth-order valence-electron chi connectivity index (χ4n) is 3.16. The molecule has 2 aromatic heterocycles. The Morgan fingerprint density at radius 2 is 2.19 bits per heavy atom. The van der Waals surface area contributed by atoms with Gasteiger partial charge < -0.3 is 5.32 Å². The SMILES string of the molecule is C[C@@H]1CC(=O)C2=C(C1)Nc1ncnn1[C@H]2c1ccccn1. The van der Waals surface area contributed by atoms with Gasteiger partial charge in [-0.05, 0) is 24.5 Å². The van der Waals surface area contributed by atoms with Gasteiger partial charge in [-0.25, -0.2) is 4.68 Å². The number of ketones is 1. The van der Waals surface area contributed by atoms with Crippen molar-refractivity contribution in [3.8, 4) is 0 Å². The molecule has 1 aliphatic heterocycles. The average molecular weight is 281 g/mol. The van der Waals surface area contributed by atoms with E-state index in [9.17, 15) is 4.79 Å². The maximum atomic E-state index is 12.6. The first-order valence-corrected chi connectivity index (χ1v) is 7.07. The highest BCUT2D eigenvalue weighted by Crippen LogP contribution is 2.40. The van der Waals surface area contributed by atoms with Crippen molar-refractivity contribution < 1.29 is 4.79 Å². The molecule has 2 aliphatic rings. The van der Waals surface area contributed by atoms with E-state index in [1.54, 1.807) is 10.9 Å². The quantitative estimate of drug-likeness (QED) is 0.864. The zero-order valence-corrected chi connectivity index (χ0v) is 11.7. The van der Waals surface area contributed by atoms with Gasteiger partial charge in [0.05, 0.1) is 5.69 Å². The van der Waals surface area contributed by atoms with E-state index >= 15 is 0 Å². The van der Waals surface area contributed by atoms with Gasteiger partial charge >= 0.3 is 0 Å². The number of nitrogens with one attached hydrogen (secondary N) is 1. The van der Waals surface area contributed by atoms with Crippen molar-refractivity contribution in [3.63, 3.8) is 0 Å². The maximum absolute atomic E-state index is 12.6. The summed E-state index contributed by atoms with van der Waals surface area (Å²) in [5, 5.41) is 7.54. The minimum atomic E-state index is -0.278. The van der Waals surface area contributed by atoms with Gasteiger partial charge in [0, 0.05) is 23.9 Å². The number of rotatable bonds is 1. The van der Waals surface area contributed by atoms with E-state index in [0.717, 1.165) is 23.4 Å². The van der Waals surface area contributed by atoms with Crippen molar-refractivity contribution in [2.45, 2.75) is 25.8 Å². The van der Waals surface area contributed by atoms with Crippen LogP contribution in [-0.4, -0.2) is 25.5 Å². The Morgan fingerprint density at radius 3 is 3.00 bits per heavy atom. The Labute approximate surface area is 121 Å². The van der Waals surface area contributed by atoms with Gasteiger partial charge in [-0.1, -0.05) is 13.0 Å². The molecule has 0 unspecified atom stereocenters. The zero-order chi connectivity index (χ0) is 14.4. The van der Waals surface area contributed by atoms with Gasteiger partial charge in [0.25, 0.3) is 0 Å². The van der Waals surface area contributed by atoms with Crippen molar-refractivity contribution in [2.75, 3.05) is 5.32 Å². The van der Waals surface area contributed by atoms with Crippen LogP contribution < -0.4 is 5.32 Å². The second-order valence-corrected chi connectivity index (χ2v) is 5.64. The molecule has 4 rings (SSSR count). The summed E-state index contributed by atoms with van der Waals surface area (Å²) in [5.74, 6) is 1.20. The van der Waals surface area contributed by atoms with E-state index in [1.807, 2.05) is 18.2 Å². The molecular weight excluding hydrogens is 266 g/mol. The van der Waals surface area contributed by atoms with E-state index in [-0.39, 0.29) is 11.8 Å². The van der Waals surface area contributed by atoms with Crippen LogP contribution in [0.3, 0.4) is 0 Å². The van der Waals surface area contributed by atoms with Crippen molar-refractivity contribution in [1.29, 1.82) is 0 Å². The molecule has 2 aromatic rings. The molecule has 0 spiro atoms. The largest absolute Gasteiger partial charge is 0.328 e. The predicted octanol–water partition coefficient (Wildman–Crippen LogP) is 1.94. The van der Waals surface area contributed by atoms with Crippen LogP contribution in [0.25, 0.3) is 0 Å². The second kappa shape index (κ2) is 4.51. The zero-order valence-electron chi connectivity index (χ0n) is 11.7. The number of anilines is 1. The lowest BCUT2D eigenvalue weighted by Crippen LogP contribution is -2.33. The van der Waals surface area contributed by atoms with Gasteiger partial charge in [0.1, 0.15) is 12.4 Å². The lowest BCUT2D eigenvalue weighted by molar-refractivity contribution is -0.117. The van der Waals surface area contributed by atoms with Crippen LogP contribution in [0.5, 0.6) is 0 Å². The summed E-state index contributed by atoms with van der Waals surface area (Å²) in [7, 11) is 0. The van der Waals surface area contributed by atoms with Gasteiger partial charge in [0.2, 0.25) is 5.95 Å². The highest BCUT2D eigenvalue weighted by Gasteiger charge is 2.38. The van der Waals surface area contributed by atoms with E-state index < -0.39 is 0 Å². The third-order valence-corrected chi connectivity index (χ3v) is 4.03. The van der Waals surface area contributed by atoms with E-state index in [4.69, 9.17) is 0 Å². The number of pyridine rings is 1. The van der Waals surface area contributed by atoms with Crippen LogP contribution >= 0.6 is 0 Å². The Bertz CT molecular complexity index is 734. The third-order valence-electron chi connectivity index (χ3n) is 4.03. The fourth-order valence-corrected chi connectivity index (χ4v) is 3.16. The van der Waals surface area contributed by atoms with E-state index in [1.165, 1.54) is 6.33 Å². The molecule has 2 atom stereocenters. The van der Waals surface area contributed by atoms with Crippen LogP contribution in [0.4, 0.5) is 5.95 Å². The number of allylic oxidation sites excluding steroid dienone is 2. The lowest BCUT2D eigenvalue weighted by Gasteiger charge is -2.33. The second-order valence-electron chi connectivity index (χ2n) is 5.64. The minimum absolute atomic E-state index is 0.174. The molecule has 1 N–H and O–H groups in total. The van der Waals surface area contributed by atoms with Crippen LogP contribution in [0.15, 0.2) is 42.0 Å². The molecule has 0 aromatic carbocycles. The Morgan fingerprint density at radius 1 is 1.29 bits per heavy atom. The molecule has 0 bridgehead atoms. The summed E-state index contributed by atoms with van der Waals surface area (Å²) in [6, 6.07) is 5.45. The number of hydrogen-bond donors (Lipinski definition) is 1. The van der Waals surface area contributed by atoms with Crippen LogP contribution in [-0.2, 0) is 4.79 Å². The monoisotopic (exact) mass is 281 g/mol. The molecule has 1 aliphatic carbocycles. The Hall–Kier alpha value is -2.50. The molecule has 21 heavy (non-hydrogen) atoms. The summed E-state index contributed by atoms with van der Waals surface area (Å²) in [6.07, 6.45) is 4.68. The van der Waals surface area contributed by atoms with Crippen molar-refractivity contribution in [1.82, 2.24) is 19.7 Å². The molecule has 0 saturated carbocycles. The standard InChI is InChI=1S/C15H15N5O/c1-9-6-11-13(12(21)7-9)14(10-4-2-3-5-16-10)20-15(19-11)17-8-18-20/h2-5,8-9,14H,6-7H2,1H3,(H,17,18,19)/t9-,14-/m0/s1. The Kier molecular flexibility index (Phi) is 2.63. The summed E-state index contributed by atoms with van der Waals surface area (Å²) >= 11 is 0. The topological polar surface area (TPSA) is 72.7 Å². The molecule has 0 amide bonds. The van der Waals surface area contributed by atoms with Crippen molar-refractivity contribution >= 4 is 11.7 Å². The number of nitrogens with zero attached hydrogens (tertiary/aromatic N) is 4. The maximum Gasteiger partial charge on any atom is 0.226 e. The van der Waals surface area contributed by atoms with Gasteiger partial charge in [-0.2, -0.15) is 10.1 Å². The number of aromatic nitrogens is 4. The van der Waals surface area contributed by atoms with Crippen LogP contribution in [0, 0.1) is 5.92 Å². The van der Waals surface area contributed by atoms with Crippen molar-refractivity contribution in [2.24, 2.45) is 5.92 Å². The molecule has 0 saturated heterocycles. The predicted molar refractivity (Wildman–Crippen MR) is 76.5 cm³/mol. The molecule has 106 valence electrons. The highest BCUT2D eigenvalue weighted by molar-refractivity contribution is 5.99. The number of Topliss-reactive ketones (excluding diaryl/α,β-unsaturated/α-hetero) is 1. The number of carbonyl (C=O) groups excluding carboxylic acids is 1. The highest BCUT2D eigenvalue weighted by atomic mass is 16.1. The van der Waals surface area contributed by atoms with Gasteiger partial charge in [-0.3, -0.25) is 9.78 Å². The summed E-state index contributed by atoms with van der Waals surface area (Å²) in [6.45, 7) is 2.10. The smallest absolute Gasteiger partial charge is 0.226 e. The van der Waals surface area contributed by atoms with Crippen LogP contribution in [0.2, 0.25) is 0 Å². The minimum Gasteiger partial charge on any atom is -0.328 e. The first kappa shape index (κ1) is 12.3. The van der Waals surface area contributed by atoms with Gasteiger partial charge in [-0.15, -0.1) is 0 Å². The first-order chi connectivity index (χ1) is 10.2.